The van der Waals surface area contributed by atoms with Gasteiger partial charge in [0.25, 0.3) is 5.91 Å². The van der Waals surface area contributed by atoms with Crippen molar-refractivity contribution in [3.8, 4) is 0 Å². The number of quaternary nitrogens is 1. The monoisotopic (exact) mass is 334 g/mol. The van der Waals surface area contributed by atoms with Crippen molar-refractivity contribution in [3.63, 3.8) is 0 Å². The number of nitrogens with one attached hydrogen (secondary N) is 2. The Balaban J connectivity index is 2.79. The summed E-state index contributed by atoms with van der Waals surface area (Å²) in [7, 11) is 1.49. The number of carbonyl (C=O) groups is 2. The summed E-state index contributed by atoms with van der Waals surface area (Å²) in [6.07, 6.45) is 1.07. The summed E-state index contributed by atoms with van der Waals surface area (Å²) in [6, 6.07) is 8.01. The third kappa shape index (κ3) is 6.32. The molecular formula is C19H32N3O2+. The molecule has 0 fully saturated rings. The van der Waals surface area contributed by atoms with Crippen LogP contribution in [0.3, 0.4) is 0 Å². The molecule has 0 aromatic heterocycles. The molecule has 1 aromatic rings. The Morgan fingerprint density at radius 2 is 1.62 bits per heavy atom. The maximum atomic E-state index is 12.1. The number of rotatable bonds is 7. The molecule has 0 saturated carbocycles. The minimum Gasteiger partial charge on any atom is -0.341 e. The van der Waals surface area contributed by atoms with E-state index in [4.69, 9.17) is 0 Å². The molecule has 0 aliphatic carbocycles. The largest absolute Gasteiger partial charge is 0.341 e. The van der Waals surface area contributed by atoms with Crippen LogP contribution in [0, 0.1) is 11.8 Å². The topological polar surface area (TPSA) is 74.8 Å². The van der Waals surface area contributed by atoms with Crippen molar-refractivity contribution in [2.75, 3.05) is 7.05 Å². The lowest BCUT2D eigenvalue weighted by atomic mass is 9.93. The van der Waals surface area contributed by atoms with Gasteiger partial charge in [0.2, 0.25) is 0 Å². The average Bonchev–Trinajstić information content (AvgIpc) is 2.52. The zero-order chi connectivity index (χ0) is 18.3. The summed E-state index contributed by atoms with van der Waals surface area (Å²) in [5.41, 5.74) is 2.54. The highest BCUT2D eigenvalue weighted by Gasteiger charge is 2.26. The van der Waals surface area contributed by atoms with Gasteiger partial charge in [-0.1, -0.05) is 52.0 Å². The van der Waals surface area contributed by atoms with Gasteiger partial charge in [-0.05, 0) is 24.8 Å². The van der Waals surface area contributed by atoms with E-state index >= 15 is 0 Å². The Morgan fingerprint density at radius 1 is 1.04 bits per heavy atom. The maximum Gasteiger partial charge on any atom is 0.321 e. The lowest BCUT2D eigenvalue weighted by Gasteiger charge is -2.23. The molecule has 0 heterocycles. The highest BCUT2D eigenvalue weighted by molar-refractivity contribution is 5.95. The standard InChI is InChI=1S/C19H31N3O2/c1-12(2)11-15-7-9-16(10-8-15)17(13(3)4)21-14(5)18(23)22-19(24)20-6/h7-10,12-14,17,21H,11H2,1-6H3,(H2,20,22,23,24)/p+1/t14-,17+/m1/s1. The van der Waals surface area contributed by atoms with Crippen LogP contribution in [0.1, 0.15) is 51.8 Å². The molecule has 0 radical (unpaired) electrons. The van der Waals surface area contributed by atoms with E-state index in [9.17, 15) is 9.59 Å². The summed E-state index contributed by atoms with van der Waals surface area (Å²) >= 11 is 0. The van der Waals surface area contributed by atoms with Gasteiger partial charge in [-0.15, -0.1) is 0 Å². The van der Waals surface area contributed by atoms with E-state index in [-0.39, 0.29) is 18.0 Å². The van der Waals surface area contributed by atoms with Crippen LogP contribution < -0.4 is 16.0 Å². The number of carbonyl (C=O) groups excluding carboxylic acids is 2. The van der Waals surface area contributed by atoms with Crippen LogP contribution in [-0.2, 0) is 11.2 Å². The SMILES string of the molecule is CNC(=O)NC(=O)[C@@H](C)[NH2+][C@H](c1ccc(CC(C)C)cc1)C(C)C. The van der Waals surface area contributed by atoms with Crippen molar-refractivity contribution in [1.29, 1.82) is 0 Å². The predicted octanol–water partition coefficient (Wildman–Crippen LogP) is 1.99. The number of benzene rings is 1. The van der Waals surface area contributed by atoms with E-state index in [2.05, 4.69) is 62.6 Å². The molecular weight excluding hydrogens is 302 g/mol. The number of amides is 3. The van der Waals surface area contributed by atoms with Crippen LogP contribution in [0.5, 0.6) is 0 Å². The Hall–Kier alpha value is -1.88. The van der Waals surface area contributed by atoms with Crippen molar-refractivity contribution in [2.24, 2.45) is 11.8 Å². The fourth-order valence-corrected chi connectivity index (χ4v) is 2.75. The Bertz CT molecular complexity index is 538. The van der Waals surface area contributed by atoms with Crippen LogP contribution in [0.4, 0.5) is 4.79 Å². The van der Waals surface area contributed by atoms with Gasteiger partial charge < -0.3 is 10.6 Å². The first-order valence-corrected chi connectivity index (χ1v) is 8.71. The minimum absolute atomic E-state index is 0.170. The van der Waals surface area contributed by atoms with Crippen molar-refractivity contribution < 1.29 is 14.9 Å². The molecule has 2 atom stereocenters. The Kier molecular flexibility index (Phi) is 7.92. The van der Waals surface area contributed by atoms with E-state index in [0.717, 1.165) is 6.42 Å². The van der Waals surface area contributed by atoms with Crippen LogP contribution in [0.2, 0.25) is 0 Å². The van der Waals surface area contributed by atoms with Gasteiger partial charge in [0.05, 0.1) is 0 Å². The molecule has 4 N–H and O–H groups in total. The quantitative estimate of drug-likeness (QED) is 0.713. The first-order chi connectivity index (χ1) is 11.2. The Labute approximate surface area is 145 Å². The first-order valence-electron chi connectivity index (χ1n) is 8.71. The number of hydrogen-bond acceptors (Lipinski definition) is 2. The summed E-state index contributed by atoms with van der Waals surface area (Å²) in [4.78, 5) is 23.4. The summed E-state index contributed by atoms with van der Waals surface area (Å²) in [5, 5.41) is 6.76. The lowest BCUT2D eigenvalue weighted by Crippen LogP contribution is -2.93. The third-order valence-electron chi connectivity index (χ3n) is 4.10. The van der Waals surface area contributed by atoms with Crippen LogP contribution in [0.15, 0.2) is 24.3 Å². The molecule has 134 valence electrons. The first kappa shape index (κ1) is 20.2. The highest BCUT2D eigenvalue weighted by Crippen LogP contribution is 2.19. The van der Waals surface area contributed by atoms with E-state index in [1.165, 1.54) is 18.2 Å². The molecule has 1 rings (SSSR count). The van der Waals surface area contributed by atoms with Gasteiger partial charge in [-0.25, -0.2) is 4.79 Å². The maximum absolute atomic E-state index is 12.1. The minimum atomic E-state index is -0.473. The molecule has 24 heavy (non-hydrogen) atoms. The van der Waals surface area contributed by atoms with Gasteiger partial charge in [0.15, 0.2) is 6.04 Å². The summed E-state index contributed by atoms with van der Waals surface area (Å²) < 4.78 is 0. The van der Waals surface area contributed by atoms with Crippen molar-refractivity contribution >= 4 is 11.9 Å². The molecule has 5 nitrogen and oxygen atoms in total. The molecule has 3 amide bonds. The Morgan fingerprint density at radius 3 is 2.08 bits per heavy atom. The predicted molar refractivity (Wildman–Crippen MR) is 96.5 cm³/mol. The second-order valence-electron chi connectivity index (χ2n) is 7.16. The van der Waals surface area contributed by atoms with Gasteiger partial charge in [0, 0.05) is 18.5 Å². The van der Waals surface area contributed by atoms with Crippen molar-refractivity contribution in [2.45, 2.75) is 53.1 Å². The normalized spacial score (nSPS) is 13.7. The van der Waals surface area contributed by atoms with Gasteiger partial charge in [0.1, 0.15) is 6.04 Å². The highest BCUT2D eigenvalue weighted by atomic mass is 16.2. The smallest absolute Gasteiger partial charge is 0.321 e. The van der Waals surface area contributed by atoms with Gasteiger partial charge >= 0.3 is 6.03 Å². The zero-order valence-electron chi connectivity index (χ0n) is 15.7. The number of hydrogen-bond donors (Lipinski definition) is 3. The molecule has 0 spiro atoms. The van der Waals surface area contributed by atoms with Gasteiger partial charge in [-0.2, -0.15) is 0 Å². The molecule has 0 saturated heterocycles. The van der Waals surface area contributed by atoms with E-state index < -0.39 is 6.03 Å². The molecule has 0 aliphatic rings. The van der Waals surface area contributed by atoms with Crippen molar-refractivity contribution in [3.05, 3.63) is 35.4 Å². The number of nitrogens with two attached hydrogens (primary N) is 1. The molecule has 1 aromatic carbocycles. The zero-order valence-corrected chi connectivity index (χ0v) is 15.7. The number of imide groups is 1. The summed E-state index contributed by atoms with van der Waals surface area (Å²) in [6.45, 7) is 10.5. The average molecular weight is 334 g/mol. The van der Waals surface area contributed by atoms with Crippen LogP contribution in [0.25, 0.3) is 0 Å². The van der Waals surface area contributed by atoms with Crippen molar-refractivity contribution in [1.82, 2.24) is 10.6 Å². The van der Waals surface area contributed by atoms with Crippen LogP contribution >= 0.6 is 0 Å². The lowest BCUT2D eigenvalue weighted by molar-refractivity contribution is -0.719. The fraction of sp³-hybridized carbons (Fsp3) is 0.579. The van der Waals surface area contributed by atoms with E-state index in [1.54, 1.807) is 0 Å². The molecule has 0 unspecified atom stereocenters. The van der Waals surface area contributed by atoms with E-state index in [1.807, 2.05) is 12.2 Å². The second-order valence-corrected chi connectivity index (χ2v) is 7.16. The molecule has 0 bridgehead atoms. The molecule has 5 heteroatoms. The second kappa shape index (κ2) is 9.42. The third-order valence-corrected chi connectivity index (χ3v) is 4.10. The van der Waals surface area contributed by atoms with Gasteiger partial charge in [-0.3, -0.25) is 10.1 Å². The van der Waals surface area contributed by atoms with Crippen LogP contribution in [-0.4, -0.2) is 25.0 Å². The number of urea groups is 1. The summed E-state index contributed by atoms with van der Waals surface area (Å²) in [5.74, 6) is 0.726. The van der Waals surface area contributed by atoms with E-state index in [0.29, 0.717) is 11.8 Å². The molecule has 0 aliphatic heterocycles. The fourth-order valence-electron chi connectivity index (χ4n) is 2.75.